The molecule has 6 nitrogen and oxygen atoms in total. The van der Waals surface area contributed by atoms with Crippen molar-refractivity contribution in [1.82, 2.24) is 16.0 Å². The first-order chi connectivity index (χ1) is 37.3. The molecule has 0 aliphatic carbocycles. The monoisotopic (exact) mass is 1270 g/mol. The molecule has 0 atom stereocenters. The average molecular weight is 1270 g/mol. The molecule has 6 aliphatic heterocycles. The molecule has 0 saturated carbocycles. The molecular weight excluding hydrogens is 1210 g/mol. The van der Waals surface area contributed by atoms with E-state index in [1.54, 1.807) is 70.6 Å². The van der Waals surface area contributed by atoms with E-state index < -0.39 is 0 Å². The number of nitrogens with one attached hydrogen (secondary N) is 3. The van der Waals surface area contributed by atoms with Crippen LogP contribution in [0.5, 0.6) is 0 Å². The first-order valence-corrected chi connectivity index (χ1v) is 35.9. The minimum Gasteiger partial charge on any atom is -0.348 e. The lowest BCUT2D eigenvalue weighted by Gasteiger charge is -2.31. The maximum atomic E-state index is 15.3. The summed E-state index contributed by atoms with van der Waals surface area (Å²) < 4.78 is -1.89. The van der Waals surface area contributed by atoms with E-state index in [-0.39, 0.29) is 42.2 Å². The molecule has 409 valence electrons. The summed E-state index contributed by atoms with van der Waals surface area (Å²) >= 11 is 22.0. The molecule has 18 heteroatoms. The molecule has 6 aromatic rings. The summed E-state index contributed by atoms with van der Waals surface area (Å²) in [6.07, 6.45) is 0. The smallest absolute Gasteiger partial charge is 0.253 e. The van der Waals surface area contributed by atoms with Gasteiger partial charge in [-0.15, -0.1) is 141 Å². The predicted octanol–water partition coefficient (Wildman–Crippen LogP) is 19.1. The number of carbonyl (C=O) groups excluding carboxylic acids is 3. The van der Waals surface area contributed by atoms with Crippen LogP contribution >= 0.6 is 141 Å². The number of benzene rings is 6. The zero-order chi connectivity index (χ0) is 55.8. The van der Waals surface area contributed by atoms with Crippen LogP contribution in [0.25, 0.3) is 0 Å². The summed E-state index contributed by atoms with van der Waals surface area (Å²) in [7, 11) is 0. The molecule has 0 saturated heterocycles. The Hall–Kier alpha value is -2.07. The second-order valence-corrected chi connectivity index (χ2v) is 43.8. The molecule has 0 bridgehead atoms. The Bertz CT molecular complexity index is 3040. The van der Waals surface area contributed by atoms with E-state index in [4.69, 9.17) is 0 Å². The minimum absolute atomic E-state index is 0.0637. The van der Waals surface area contributed by atoms with Gasteiger partial charge in [0.25, 0.3) is 17.7 Å². The van der Waals surface area contributed by atoms with Gasteiger partial charge in [0.1, 0.15) is 0 Å². The Morgan fingerprint density at radius 3 is 0.620 bits per heavy atom. The van der Waals surface area contributed by atoms with Crippen molar-refractivity contribution >= 4 is 159 Å². The van der Waals surface area contributed by atoms with Crippen LogP contribution in [0.1, 0.15) is 148 Å². The third-order valence-electron chi connectivity index (χ3n) is 13.5. The van der Waals surface area contributed by atoms with E-state index in [2.05, 4.69) is 135 Å². The molecule has 6 aliphatic rings. The van der Waals surface area contributed by atoms with Crippen molar-refractivity contribution in [3.63, 3.8) is 0 Å². The second-order valence-electron chi connectivity index (χ2n) is 22.7. The number of hydrogen-bond acceptors (Lipinski definition) is 15. The van der Waals surface area contributed by atoms with Gasteiger partial charge in [-0.3, -0.25) is 14.4 Å². The quantitative estimate of drug-likeness (QED) is 0.102. The summed E-state index contributed by atoms with van der Waals surface area (Å²) in [5.74, 6) is 0.949. The predicted molar refractivity (Wildman–Crippen MR) is 347 cm³/mol. The molecule has 6 heterocycles. The van der Waals surface area contributed by atoms with Gasteiger partial charge in [0.15, 0.2) is 0 Å². The Balaban J connectivity index is 1.18. The first kappa shape index (κ1) is 57.4. The molecule has 0 spiro atoms. The Labute approximate surface area is 516 Å². The van der Waals surface area contributed by atoms with Gasteiger partial charge in [-0.05, 0) is 116 Å². The number of amides is 3. The van der Waals surface area contributed by atoms with Crippen molar-refractivity contribution in [3.8, 4) is 0 Å². The summed E-state index contributed by atoms with van der Waals surface area (Å²) in [4.78, 5) is 58.7. The van der Waals surface area contributed by atoms with Crippen molar-refractivity contribution in [2.45, 2.75) is 186 Å². The molecular formula is C61H60N3O3S12. The van der Waals surface area contributed by atoms with Crippen LogP contribution in [-0.2, 0) is 19.6 Å². The minimum atomic E-state index is -0.315. The SMILES string of the molecule is CC1(C)Sc2c(c(C(=O)NCc3ccccc3)c3c(c2[C](c2c4c(c(C(=O)NCc5ccccc5)c5c2SC(C)(C)S5)SC(C)(C)S4)c2c4c(c(C(=O)NCc5ccccc5)c5c2SC(C)(C)S5)SC(C)(C)S4)SC(C)(C)S3)S1. The number of thioether (sulfide) groups is 12. The Kier molecular flexibility index (Phi) is 15.4. The van der Waals surface area contributed by atoms with E-state index in [9.17, 15) is 0 Å². The highest BCUT2D eigenvalue weighted by Gasteiger charge is 2.54. The van der Waals surface area contributed by atoms with E-state index in [0.29, 0.717) is 19.6 Å². The van der Waals surface area contributed by atoms with Crippen LogP contribution in [0, 0.1) is 5.92 Å². The van der Waals surface area contributed by atoms with E-state index in [1.165, 1.54) is 0 Å². The number of hydrogen-bond donors (Lipinski definition) is 3. The fraction of sp³-hybridized carbons (Fsp3) is 0.344. The summed E-state index contributed by atoms with van der Waals surface area (Å²) in [5.41, 5.74) is 8.89. The van der Waals surface area contributed by atoms with E-state index in [0.717, 1.165) is 115 Å². The van der Waals surface area contributed by atoms with Gasteiger partial charge in [0.05, 0.1) is 47.1 Å². The molecule has 0 fully saturated rings. The topological polar surface area (TPSA) is 87.3 Å². The van der Waals surface area contributed by atoms with E-state index >= 15 is 14.4 Å². The highest BCUT2D eigenvalue weighted by atomic mass is 32.2. The van der Waals surface area contributed by atoms with Crippen LogP contribution < -0.4 is 16.0 Å². The van der Waals surface area contributed by atoms with Crippen molar-refractivity contribution in [1.29, 1.82) is 0 Å². The maximum Gasteiger partial charge on any atom is 0.253 e. The molecule has 6 aromatic carbocycles. The summed E-state index contributed by atoms with van der Waals surface area (Å²) in [6, 6.07) is 30.5. The van der Waals surface area contributed by atoms with Crippen molar-refractivity contribution < 1.29 is 14.4 Å². The summed E-state index contributed by atoms with van der Waals surface area (Å²) in [5, 5.41) is 10.2. The third-order valence-corrected chi connectivity index (χ3v) is 30.5. The first-order valence-electron chi connectivity index (χ1n) is 26.1. The van der Waals surface area contributed by atoms with Crippen LogP contribution in [0.15, 0.2) is 150 Å². The van der Waals surface area contributed by atoms with Gasteiger partial charge < -0.3 is 16.0 Å². The maximum absolute atomic E-state index is 15.3. The summed E-state index contributed by atoms with van der Waals surface area (Å²) in [6.45, 7) is 28.7. The van der Waals surface area contributed by atoms with Crippen molar-refractivity contribution in [2.24, 2.45) is 0 Å². The van der Waals surface area contributed by atoms with Crippen LogP contribution in [0.2, 0.25) is 0 Å². The highest BCUT2D eigenvalue weighted by Crippen LogP contribution is 2.74. The normalized spacial score (nSPS) is 19.6. The average Bonchev–Trinajstić information content (AvgIpc) is 3.44. The highest BCUT2D eigenvalue weighted by molar-refractivity contribution is 8.23. The van der Waals surface area contributed by atoms with Gasteiger partial charge in [0.2, 0.25) is 0 Å². The van der Waals surface area contributed by atoms with Gasteiger partial charge in [0, 0.05) is 78.4 Å². The zero-order valence-electron chi connectivity index (χ0n) is 45.9. The molecule has 1 radical (unpaired) electrons. The molecule has 3 N–H and O–H groups in total. The standard InChI is InChI=1S/C61H60N3O3S12/c1-56(2)68-41-35(42-48(75-57(3,4)69-42)38(47(41)74-56)53(65)62-28-31-22-16-13-17-23-31)34(36-43-49(76-58(5,6)70-43)39(50-44(36)71-59(7,8)77-50)54(66)63-29-32-24-18-14-19-25-32)37-45-51(78-60(9,10)72-45)40(52-46(37)73-61(11,12)79-52)55(67)64-30-33-26-20-15-21-27-33/h13-27H,28-30H2,1-12H3,(H,62,65)(H,63,66)(H,64,67). The second kappa shape index (κ2) is 21.2. The number of carbonyl (C=O) groups is 3. The zero-order valence-corrected chi connectivity index (χ0v) is 55.7. The molecule has 0 aromatic heterocycles. The molecule has 3 amide bonds. The van der Waals surface area contributed by atoms with Crippen LogP contribution in [0.4, 0.5) is 0 Å². The lowest BCUT2D eigenvalue weighted by Crippen LogP contribution is -2.26. The van der Waals surface area contributed by atoms with E-state index in [1.807, 2.05) is 125 Å². The van der Waals surface area contributed by atoms with Crippen LogP contribution in [-0.4, -0.2) is 42.2 Å². The molecule has 0 unspecified atom stereocenters. The van der Waals surface area contributed by atoms with Gasteiger partial charge in [-0.25, -0.2) is 0 Å². The van der Waals surface area contributed by atoms with Crippen LogP contribution in [0.3, 0.4) is 0 Å². The van der Waals surface area contributed by atoms with Gasteiger partial charge in [-0.2, -0.15) is 0 Å². The Morgan fingerprint density at radius 2 is 0.443 bits per heavy atom. The Morgan fingerprint density at radius 1 is 0.278 bits per heavy atom. The largest absolute Gasteiger partial charge is 0.348 e. The number of rotatable bonds is 12. The third kappa shape index (κ3) is 11.1. The lowest BCUT2D eigenvalue weighted by molar-refractivity contribution is 0.0936. The molecule has 12 rings (SSSR count). The fourth-order valence-electron chi connectivity index (χ4n) is 10.5. The van der Waals surface area contributed by atoms with Gasteiger partial charge in [-0.1, -0.05) is 91.0 Å². The van der Waals surface area contributed by atoms with Crippen molar-refractivity contribution in [2.75, 3.05) is 0 Å². The molecule has 79 heavy (non-hydrogen) atoms. The number of fused-ring (bicyclic) bond motifs is 6. The van der Waals surface area contributed by atoms with Crippen molar-refractivity contribution in [3.05, 3.63) is 147 Å². The fourth-order valence-corrected chi connectivity index (χ4v) is 28.2. The lowest BCUT2D eigenvalue weighted by atomic mass is 9.83. The van der Waals surface area contributed by atoms with Gasteiger partial charge >= 0.3 is 0 Å².